The van der Waals surface area contributed by atoms with Crippen molar-refractivity contribution in [3.05, 3.63) is 0 Å². The van der Waals surface area contributed by atoms with E-state index >= 15 is 0 Å². The first-order valence-corrected chi connectivity index (χ1v) is 7.59. The summed E-state index contributed by atoms with van der Waals surface area (Å²) in [4.78, 5) is 23.7. The molecule has 0 aliphatic heterocycles. The van der Waals surface area contributed by atoms with Crippen LogP contribution in [0.4, 0.5) is 0 Å². The van der Waals surface area contributed by atoms with Crippen LogP contribution in [0.3, 0.4) is 0 Å². The molecule has 1 amide bonds. The van der Waals surface area contributed by atoms with Crippen molar-refractivity contribution in [2.45, 2.75) is 51.5 Å². The average molecular weight is 265 g/mol. The molecule has 3 saturated carbocycles. The van der Waals surface area contributed by atoms with Gasteiger partial charge < -0.3 is 10.4 Å². The Labute approximate surface area is 113 Å². The minimum atomic E-state index is -0.807. The van der Waals surface area contributed by atoms with E-state index in [0.29, 0.717) is 30.2 Å². The Morgan fingerprint density at radius 2 is 1.58 bits per heavy atom. The molecule has 0 heterocycles. The fraction of sp³-hybridized carbons (Fsp3) is 0.867. The van der Waals surface area contributed by atoms with Gasteiger partial charge in [0.25, 0.3) is 0 Å². The van der Waals surface area contributed by atoms with Gasteiger partial charge in [-0.1, -0.05) is 6.92 Å². The summed E-state index contributed by atoms with van der Waals surface area (Å²) in [5, 5.41) is 12.4. The van der Waals surface area contributed by atoms with Crippen LogP contribution in [0.5, 0.6) is 0 Å². The van der Waals surface area contributed by atoms with Crippen molar-refractivity contribution in [2.24, 2.45) is 29.6 Å². The van der Waals surface area contributed by atoms with Gasteiger partial charge in [-0.2, -0.15) is 0 Å². The zero-order chi connectivity index (χ0) is 13.6. The van der Waals surface area contributed by atoms with Crippen LogP contribution in [0.25, 0.3) is 0 Å². The van der Waals surface area contributed by atoms with Crippen LogP contribution in [0.2, 0.25) is 0 Å². The number of rotatable bonds is 5. The number of hydrogen-bond acceptors (Lipinski definition) is 2. The first-order chi connectivity index (χ1) is 9.06. The molecule has 19 heavy (non-hydrogen) atoms. The maximum absolute atomic E-state index is 12.4. The molecule has 106 valence electrons. The lowest BCUT2D eigenvalue weighted by Crippen LogP contribution is -2.43. The van der Waals surface area contributed by atoms with Gasteiger partial charge in [0.05, 0.1) is 11.8 Å². The molecule has 0 aromatic heterocycles. The lowest BCUT2D eigenvalue weighted by atomic mass is 9.94. The van der Waals surface area contributed by atoms with Crippen molar-refractivity contribution in [3.63, 3.8) is 0 Å². The molecule has 0 spiro atoms. The van der Waals surface area contributed by atoms with Gasteiger partial charge >= 0.3 is 5.97 Å². The number of carbonyl (C=O) groups excluding carboxylic acids is 1. The molecule has 0 bridgehead atoms. The topological polar surface area (TPSA) is 66.4 Å². The maximum atomic E-state index is 12.4. The van der Waals surface area contributed by atoms with E-state index in [4.69, 9.17) is 0 Å². The highest BCUT2D eigenvalue weighted by atomic mass is 16.4. The van der Waals surface area contributed by atoms with Crippen LogP contribution in [-0.4, -0.2) is 23.0 Å². The molecule has 0 aromatic rings. The van der Waals surface area contributed by atoms with Gasteiger partial charge in [0.15, 0.2) is 0 Å². The number of hydrogen-bond donors (Lipinski definition) is 2. The van der Waals surface area contributed by atoms with Crippen molar-refractivity contribution in [1.29, 1.82) is 0 Å². The van der Waals surface area contributed by atoms with Crippen molar-refractivity contribution in [3.8, 4) is 0 Å². The van der Waals surface area contributed by atoms with E-state index in [9.17, 15) is 14.7 Å². The summed E-state index contributed by atoms with van der Waals surface area (Å²) in [6, 6.07) is 0.331. The molecule has 0 radical (unpaired) electrons. The smallest absolute Gasteiger partial charge is 0.307 e. The van der Waals surface area contributed by atoms with Crippen molar-refractivity contribution >= 4 is 11.9 Å². The molecule has 1 unspecified atom stereocenters. The molecule has 3 rings (SSSR count). The summed E-state index contributed by atoms with van der Waals surface area (Å²) in [5.74, 6) is 0.0789. The van der Waals surface area contributed by atoms with Crippen LogP contribution in [0, 0.1) is 29.6 Å². The second kappa shape index (κ2) is 4.80. The van der Waals surface area contributed by atoms with Gasteiger partial charge in [-0.05, 0) is 56.3 Å². The molecule has 3 atom stereocenters. The van der Waals surface area contributed by atoms with E-state index in [2.05, 4.69) is 5.32 Å². The van der Waals surface area contributed by atoms with E-state index in [0.717, 1.165) is 6.42 Å². The quantitative estimate of drug-likeness (QED) is 0.799. The lowest BCUT2D eigenvalue weighted by molar-refractivity contribution is -0.146. The van der Waals surface area contributed by atoms with Gasteiger partial charge in [-0.25, -0.2) is 0 Å². The van der Waals surface area contributed by atoms with Crippen molar-refractivity contribution in [2.75, 3.05) is 0 Å². The van der Waals surface area contributed by atoms with Gasteiger partial charge in [0, 0.05) is 6.04 Å². The highest BCUT2D eigenvalue weighted by Gasteiger charge is 2.46. The van der Waals surface area contributed by atoms with E-state index < -0.39 is 11.9 Å². The van der Waals surface area contributed by atoms with Crippen molar-refractivity contribution < 1.29 is 14.7 Å². The average Bonchev–Trinajstić information content (AvgIpc) is 3.23. The van der Waals surface area contributed by atoms with Crippen LogP contribution in [-0.2, 0) is 9.59 Å². The van der Waals surface area contributed by atoms with Gasteiger partial charge in [0.2, 0.25) is 5.91 Å². The first-order valence-electron chi connectivity index (χ1n) is 7.59. The Morgan fingerprint density at radius 1 is 1.05 bits per heavy atom. The zero-order valence-electron chi connectivity index (χ0n) is 11.5. The highest BCUT2D eigenvalue weighted by Crippen LogP contribution is 2.45. The Kier molecular flexibility index (Phi) is 3.27. The molecule has 3 aliphatic rings. The molecule has 4 nitrogen and oxygen atoms in total. The van der Waals surface area contributed by atoms with Gasteiger partial charge in [-0.15, -0.1) is 0 Å². The van der Waals surface area contributed by atoms with E-state index in [-0.39, 0.29) is 11.8 Å². The minimum Gasteiger partial charge on any atom is -0.481 e. The Bertz CT molecular complexity index is 375. The van der Waals surface area contributed by atoms with E-state index in [1.165, 1.54) is 25.7 Å². The van der Waals surface area contributed by atoms with Crippen LogP contribution in [0.15, 0.2) is 0 Å². The Hall–Kier alpha value is -1.06. The molecule has 3 aliphatic carbocycles. The number of amides is 1. The summed E-state index contributed by atoms with van der Waals surface area (Å²) in [7, 11) is 0. The lowest BCUT2D eigenvalue weighted by Gasteiger charge is -2.22. The number of carboxylic acids is 1. The SMILES string of the molecule is CC1C[C@H](C(=O)NC(C2CC2)C2CC2)[C@H](C(=O)O)C1. The fourth-order valence-corrected chi connectivity index (χ4v) is 3.66. The van der Waals surface area contributed by atoms with E-state index in [1.807, 2.05) is 6.92 Å². The largest absolute Gasteiger partial charge is 0.481 e. The maximum Gasteiger partial charge on any atom is 0.307 e. The predicted molar refractivity (Wildman–Crippen MR) is 70.4 cm³/mol. The number of carboxylic acid groups (broad SMARTS) is 1. The van der Waals surface area contributed by atoms with Crippen LogP contribution >= 0.6 is 0 Å². The molecular formula is C15H23NO3. The Morgan fingerprint density at radius 3 is 2.05 bits per heavy atom. The minimum absolute atomic E-state index is 0.000509. The van der Waals surface area contributed by atoms with E-state index in [1.54, 1.807) is 0 Å². The standard InChI is InChI=1S/C15H23NO3/c1-8-6-11(12(7-8)15(18)19)14(17)16-13(9-2-3-9)10-4-5-10/h8-13H,2-7H2,1H3,(H,16,17)(H,18,19)/t8?,11-,12+/m0/s1. The highest BCUT2D eigenvalue weighted by molar-refractivity contribution is 5.85. The second-order valence-electron chi connectivity index (χ2n) is 6.84. The fourth-order valence-electron chi connectivity index (χ4n) is 3.66. The monoisotopic (exact) mass is 265 g/mol. The van der Waals surface area contributed by atoms with Gasteiger partial charge in [0.1, 0.15) is 0 Å². The summed E-state index contributed by atoms with van der Waals surface area (Å²) in [6.07, 6.45) is 6.28. The molecule has 0 saturated heterocycles. The third-order valence-electron chi connectivity index (χ3n) is 5.02. The third-order valence-corrected chi connectivity index (χ3v) is 5.02. The molecule has 2 N–H and O–H groups in total. The summed E-state index contributed by atoms with van der Waals surface area (Å²) < 4.78 is 0. The first kappa shape index (κ1) is 12.9. The van der Waals surface area contributed by atoms with Gasteiger partial charge in [-0.3, -0.25) is 9.59 Å². The molecular weight excluding hydrogens is 242 g/mol. The van der Waals surface area contributed by atoms with Crippen LogP contribution < -0.4 is 5.32 Å². The Balaban J connectivity index is 1.63. The summed E-state index contributed by atoms with van der Waals surface area (Å²) in [5.41, 5.74) is 0. The number of carbonyl (C=O) groups is 2. The molecule has 3 fully saturated rings. The second-order valence-corrected chi connectivity index (χ2v) is 6.84. The third kappa shape index (κ3) is 2.77. The van der Waals surface area contributed by atoms with Crippen LogP contribution in [0.1, 0.15) is 45.4 Å². The zero-order valence-corrected chi connectivity index (χ0v) is 11.5. The molecule has 0 aromatic carbocycles. The summed E-state index contributed by atoms with van der Waals surface area (Å²) in [6.45, 7) is 2.04. The predicted octanol–water partition coefficient (Wildman–Crippen LogP) is 2.04. The summed E-state index contributed by atoms with van der Waals surface area (Å²) >= 11 is 0. The normalized spacial score (nSPS) is 34.5. The number of aliphatic carboxylic acids is 1. The number of nitrogens with one attached hydrogen (secondary N) is 1. The molecule has 4 heteroatoms. The van der Waals surface area contributed by atoms with Crippen molar-refractivity contribution in [1.82, 2.24) is 5.32 Å².